The summed E-state index contributed by atoms with van der Waals surface area (Å²) in [5.74, 6) is 0. The predicted molar refractivity (Wildman–Crippen MR) is 57.8 cm³/mol. The van der Waals surface area contributed by atoms with Crippen LogP contribution < -0.4 is 0 Å². The molecule has 1 aliphatic rings. The van der Waals surface area contributed by atoms with Crippen molar-refractivity contribution in [1.82, 2.24) is 4.57 Å². The van der Waals surface area contributed by atoms with Crippen LogP contribution in [0.3, 0.4) is 0 Å². The van der Waals surface area contributed by atoms with E-state index in [0.717, 1.165) is 18.4 Å². The summed E-state index contributed by atoms with van der Waals surface area (Å²) in [6.07, 6.45) is 4.10. The van der Waals surface area contributed by atoms with Gasteiger partial charge >= 0.3 is 0 Å². The molecule has 0 aromatic rings. The van der Waals surface area contributed by atoms with E-state index in [2.05, 4.69) is 43.4 Å². The van der Waals surface area contributed by atoms with Crippen LogP contribution in [0.15, 0.2) is 11.6 Å². The van der Waals surface area contributed by atoms with Gasteiger partial charge in [-0.25, -0.2) is 0 Å². The average Bonchev–Trinajstić information content (AvgIpc) is 2.48. The Morgan fingerprint density at radius 3 is 2.54 bits per heavy atom. The highest BCUT2D eigenvalue weighted by atomic mass is 28.3. The zero-order valence-electron chi connectivity index (χ0n) is 8.96. The first-order valence-electron chi connectivity index (χ1n) is 4.77. The predicted octanol–water partition coefficient (Wildman–Crippen LogP) is 2.37. The molecule has 0 saturated heterocycles. The molecule has 0 amide bonds. The van der Waals surface area contributed by atoms with Gasteiger partial charge in [0.1, 0.15) is 8.24 Å². The number of hydrogen-bond acceptors (Lipinski definition) is 2. The van der Waals surface area contributed by atoms with Gasteiger partial charge in [0.05, 0.1) is 6.07 Å². The number of nitriles is 1. The van der Waals surface area contributed by atoms with Crippen LogP contribution in [0.5, 0.6) is 0 Å². The lowest BCUT2D eigenvalue weighted by Crippen LogP contribution is -2.48. The van der Waals surface area contributed by atoms with Gasteiger partial charge in [0.2, 0.25) is 0 Å². The molecule has 0 aliphatic heterocycles. The largest absolute Gasteiger partial charge is 0.323 e. The molecule has 0 heterocycles. The van der Waals surface area contributed by atoms with Gasteiger partial charge in [0, 0.05) is 11.6 Å². The number of hydrogen-bond donors (Lipinski definition) is 0. The fourth-order valence-electron chi connectivity index (χ4n) is 1.63. The van der Waals surface area contributed by atoms with Gasteiger partial charge in [0.25, 0.3) is 0 Å². The lowest BCUT2D eigenvalue weighted by Gasteiger charge is -2.35. The molecule has 0 saturated carbocycles. The zero-order valence-corrected chi connectivity index (χ0v) is 9.96. The molecule has 0 aromatic heterocycles. The number of nitrogens with zero attached hydrogens (tertiary/aromatic N) is 2. The Labute approximate surface area is 81.9 Å². The second kappa shape index (κ2) is 3.65. The first kappa shape index (κ1) is 10.5. The van der Waals surface area contributed by atoms with E-state index in [1.54, 1.807) is 0 Å². The second-order valence-electron chi connectivity index (χ2n) is 4.72. The highest BCUT2D eigenvalue weighted by molar-refractivity contribution is 6.73. The summed E-state index contributed by atoms with van der Waals surface area (Å²) >= 11 is 0. The van der Waals surface area contributed by atoms with Crippen molar-refractivity contribution < 1.29 is 0 Å². The van der Waals surface area contributed by atoms with Crippen LogP contribution in [0.1, 0.15) is 12.8 Å². The molecular formula is C10H18N2Si. The van der Waals surface area contributed by atoms with E-state index in [-0.39, 0.29) is 0 Å². The van der Waals surface area contributed by atoms with Crippen LogP contribution in [0, 0.1) is 11.3 Å². The third kappa shape index (κ3) is 2.42. The van der Waals surface area contributed by atoms with E-state index in [9.17, 15) is 0 Å². The molecule has 13 heavy (non-hydrogen) atoms. The third-order valence-electron chi connectivity index (χ3n) is 2.84. The molecule has 1 atom stereocenters. The van der Waals surface area contributed by atoms with Gasteiger partial charge in [0.15, 0.2) is 0 Å². The van der Waals surface area contributed by atoms with Crippen LogP contribution in [0.2, 0.25) is 19.6 Å². The van der Waals surface area contributed by atoms with Gasteiger partial charge in [-0.2, -0.15) is 5.26 Å². The van der Waals surface area contributed by atoms with Crippen molar-refractivity contribution in [2.24, 2.45) is 0 Å². The van der Waals surface area contributed by atoms with Crippen molar-refractivity contribution >= 4 is 8.24 Å². The summed E-state index contributed by atoms with van der Waals surface area (Å²) in [6.45, 7) is 7.03. The molecule has 0 spiro atoms. The lowest BCUT2D eigenvalue weighted by molar-refractivity contribution is 0.383. The third-order valence-corrected chi connectivity index (χ3v) is 5.32. The van der Waals surface area contributed by atoms with Gasteiger partial charge in [-0.15, -0.1) is 0 Å². The summed E-state index contributed by atoms with van der Waals surface area (Å²) in [5, 5.41) is 8.74. The van der Waals surface area contributed by atoms with Gasteiger partial charge < -0.3 is 4.57 Å². The zero-order chi connectivity index (χ0) is 10.1. The normalized spacial score (nSPS) is 23.1. The Kier molecular flexibility index (Phi) is 2.94. The Morgan fingerprint density at radius 1 is 1.54 bits per heavy atom. The summed E-state index contributed by atoms with van der Waals surface area (Å²) in [7, 11) is 1.02. The van der Waals surface area contributed by atoms with Gasteiger partial charge in [-0.1, -0.05) is 25.7 Å². The molecule has 1 rings (SSSR count). The molecule has 0 radical (unpaired) electrons. The molecule has 1 aliphatic carbocycles. The molecule has 0 fully saturated rings. The molecule has 0 aromatic carbocycles. The smallest absolute Gasteiger partial charge is 0.119 e. The van der Waals surface area contributed by atoms with Crippen molar-refractivity contribution in [2.45, 2.75) is 38.5 Å². The summed E-state index contributed by atoms with van der Waals surface area (Å²) in [6, 6.07) is 2.83. The monoisotopic (exact) mass is 194 g/mol. The molecule has 2 nitrogen and oxygen atoms in total. The first-order chi connectivity index (χ1) is 5.95. The molecule has 0 bridgehead atoms. The van der Waals surface area contributed by atoms with Crippen LogP contribution in [-0.2, 0) is 0 Å². The minimum Gasteiger partial charge on any atom is -0.323 e. The van der Waals surface area contributed by atoms with E-state index in [1.807, 2.05) is 0 Å². The SMILES string of the molecule is CN(C1CC=C(C#N)C1)[Si](C)(C)C. The van der Waals surface area contributed by atoms with Gasteiger partial charge in [-0.05, 0) is 19.9 Å². The molecular weight excluding hydrogens is 176 g/mol. The topological polar surface area (TPSA) is 27.0 Å². The minimum atomic E-state index is -1.18. The molecule has 3 heteroatoms. The van der Waals surface area contributed by atoms with Crippen LogP contribution in [-0.4, -0.2) is 25.9 Å². The van der Waals surface area contributed by atoms with Crippen LogP contribution >= 0.6 is 0 Å². The lowest BCUT2D eigenvalue weighted by atomic mass is 10.2. The standard InChI is InChI=1S/C10H18N2Si/c1-12(13(2,3)4)10-6-5-9(7-10)8-11/h5,10H,6-7H2,1-4H3. The Hall–Kier alpha value is -0.593. The average molecular weight is 194 g/mol. The van der Waals surface area contributed by atoms with Crippen molar-refractivity contribution in [2.75, 3.05) is 7.05 Å². The Bertz CT molecular complexity index is 257. The Morgan fingerprint density at radius 2 is 2.15 bits per heavy atom. The van der Waals surface area contributed by atoms with E-state index in [0.29, 0.717) is 6.04 Å². The summed E-state index contributed by atoms with van der Waals surface area (Å²) in [4.78, 5) is 0. The highest BCUT2D eigenvalue weighted by Gasteiger charge is 2.29. The maximum Gasteiger partial charge on any atom is 0.119 e. The fraction of sp³-hybridized carbons (Fsp3) is 0.700. The van der Waals surface area contributed by atoms with Crippen molar-refractivity contribution in [3.8, 4) is 6.07 Å². The van der Waals surface area contributed by atoms with E-state index < -0.39 is 8.24 Å². The highest BCUT2D eigenvalue weighted by Crippen LogP contribution is 2.25. The summed E-state index contributed by atoms with van der Waals surface area (Å²) in [5.41, 5.74) is 0.968. The minimum absolute atomic E-state index is 0.585. The second-order valence-corrected chi connectivity index (χ2v) is 9.76. The summed E-state index contributed by atoms with van der Waals surface area (Å²) < 4.78 is 2.49. The van der Waals surface area contributed by atoms with Crippen molar-refractivity contribution in [1.29, 1.82) is 5.26 Å². The fourth-order valence-corrected chi connectivity index (χ4v) is 2.93. The molecule has 72 valence electrons. The molecule has 0 N–H and O–H groups in total. The van der Waals surface area contributed by atoms with E-state index in [1.165, 1.54) is 0 Å². The van der Waals surface area contributed by atoms with Crippen LogP contribution in [0.4, 0.5) is 0 Å². The maximum absolute atomic E-state index is 8.74. The Balaban J connectivity index is 2.56. The van der Waals surface area contributed by atoms with E-state index in [4.69, 9.17) is 5.26 Å². The first-order valence-corrected chi connectivity index (χ1v) is 8.22. The molecule has 1 unspecified atom stereocenters. The van der Waals surface area contributed by atoms with Crippen molar-refractivity contribution in [3.05, 3.63) is 11.6 Å². The van der Waals surface area contributed by atoms with E-state index >= 15 is 0 Å². The van der Waals surface area contributed by atoms with Crippen molar-refractivity contribution in [3.63, 3.8) is 0 Å². The van der Waals surface area contributed by atoms with Crippen LogP contribution in [0.25, 0.3) is 0 Å². The van der Waals surface area contributed by atoms with Gasteiger partial charge in [-0.3, -0.25) is 0 Å². The maximum atomic E-state index is 8.74. The quantitative estimate of drug-likeness (QED) is 0.631. The number of rotatable bonds is 2.